The molecule has 2 N–H and O–H groups in total. The molecule has 214 valence electrons. The monoisotopic (exact) mass is 559 g/mol. The second kappa shape index (κ2) is 13.0. The lowest BCUT2D eigenvalue weighted by atomic mass is 10.0. The molecule has 2 aliphatic rings. The number of esters is 1. The first kappa shape index (κ1) is 29.1. The van der Waals surface area contributed by atoms with Crippen molar-refractivity contribution < 1.29 is 37.1 Å². The van der Waals surface area contributed by atoms with Crippen LogP contribution in [0.5, 0.6) is 0 Å². The van der Waals surface area contributed by atoms with Crippen molar-refractivity contribution in [3.63, 3.8) is 0 Å². The van der Waals surface area contributed by atoms with Crippen LogP contribution in [0.4, 0.5) is 13.2 Å². The Hall–Kier alpha value is -3.89. The van der Waals surface area contributed by atoms with Crippen molar-refractivity contribution in [1.29, 1.82) is 0 Å². The molecule has 1 heterocycles. The Morgan fingerprint density at radius 1 is 1.02 bits per heavy atom. The van der Waals surface area contributed by atoms with Crippen molar-refractivity contribution in [2.75, 3.05) is 7.11 Å². The molecule has 0 aromatic heterocycles. The number of benzene rings is 2. The number of rotatable bonds is 12. The number of amides is 3. The highest BCUT2D eigenvalue weighted by molar-refractivity contribution is 5.91. The first-order valence-electron chi connectivity index (χ1n) is 13.3. The maximum Gasteiger partial charge on any atom is 0.328 e. The van der Waals surface area contributed by atoms with Crippen LogP contribution in [-0.2, 0) is 36.9 Å². The van der Waals surface area contributed by atoms with E-state index in [1.54, 1.807) is 6.07 Å². The fourth-order valence-electron chi connectivity index (χ4n) is 4.97. The number of likely N-dealkylation sites (tertiary alicyclic amines) is 1. The molecule has 1 aliphatic heterocycles. The second-order valence-electron chi connectivity index (χ2n) is 10.3. The zero-order valence-corrected chi connectivity index (χ0v) is 22.1. The van der Waals surface area contributed by atoms with Gasteiger partial charge in [-0.15, -0.1) is 0 Å². The smallest absolute Gasteiger partial charge is 0.328 e. The molecule has 2 aromatic rings. The molecule has 3 amide bonds. The predicted octanol–water partition coefficient (Wildman–Crippen LogP) is 3.17. The van der Waals surface area contributed by atoms with Gasteiger partial charge in [0.2, 0.25) is 17.7 Å². The van der Waals surface area contributed by atoms with E-state index < -0.39 is 53.4 Å². The van der Waals surface area contributed by atoms with Crippen molar-refractivity contribution >= 4 is 23.7 Å². The Morgan fingerprint density at radius 2 is 1.77 bits per heavy atom. The lowest BCUT2D eigenvalue weighted by Gasteiger charge is -2.26. The molecule has 3 atom stereocenters. The summed E-state index contributed by atoms with van der Waals surface area (Å²) in [4.78, 5) is 52.5. The predicted molar refractivity (Wildman–Crippen MR) is 138 cm³/mol. The topological polar surface area (TPSA) is 105 Å². The number of methoxy groups -OCH3 is 1. The van der Waals surface area contributed by atoms with E-state index in [4.69, 9.17) is 4.74 Å². The van der Waals surface area contributed by atoms with Crippen LogP contribution in [0, 0.1) is 23.4 Å². The minimum atomic E-state index is -1.10. The van der Waals surface area contributed by atoms with Gasteiger partial charge in [-0.1, -0.05) is 37.1 Å². The van der Waals surface area contributed by atoms with E-state index in [0.29, 0.717) is 18.4 Å². The molecule has 2 fully saturated rings. The maximum atomic E-state index is 14.2. The van der Waals surface area contributed by atoms with Crippen molar-refractivity contribution in [2.45, 2.75) is 69.6 Å². The minimum absolute atomic E-state index is 0.00391. The largest absolute Gasteiger partial charge is 0.467 e. The molecular formula is C29H32F3N3O5. The summed E-state index contributed by atoms with van der Waals surface area (Å²) >= 11 is 0. The molecule has 8 nitrogen and oxygen atoms in total. The van der Waals surface area contributed by atoms with Crippen LogP contribution in [0.1, 0.15) is 49.7 Å². The van der Waals surface area contributed by atoms with E-state index in [1.807, 2.05) is 0 Å². The molecule has 2 aromatic carbocycles. The van der Waals surface area contributed by atoms with Crippen molar-refractivity contribution in [3.8, 4) is 0 Å². The van der Waals surface area contributed by atoms with Gasteiger partial charge in [-0.3, -0.25) is 14.4 Å². The van der Waals surface area contributed by atoms with E-state index in [2.05, 4.69) is 10.6 Å². The summed E-state index contributed by atoms with van der Waals surface area (Å²) in [6.07, 6.45) is 2.59. The Kier molecular flexibility index (Phi) is 9.44. The molecular weight excluding hydrogens is 527 g/mol. The number of nitrogens with one attached hydrogen (secondary N) is 2. The van der Waals surface area contributed by atoms with Crippen LogP contribution >= 0.6 is 0 Å². The van der Waals surface area contributed by atoms with E-state index in [9.17, 15) is 32.3 Å². The third-order valence-corrected chi connectivity index (χ3v) is 7.29. The van der Waals surface area contributed by atoms with Crippen LogP contribution in [0.15, 0.2) is 42.5 Å². The molecule has 0 spiro atoms. The summed E-state index contributed by atoms with van der Waals surface area (Å²) < 4.78 is 46.4. The first-order valence-corrected chi connectivity index (χ1v) is 13.3. The Bertz CT molecular complexity index is 1270. The zero-order chi connectivity index (χ0) is 28.8. The SMILES string of the molecule is COC(=O)[C@H](Cc1cccc(F)c1)NC(=O)[C@H](CC1CC1)NC(=O)C[C@@H]1CCC(=O)N1Cc1cccc(F)c1F. The van der Waals surface area contributed by atoms with Gasteiger partial charge in [0.15, 0.2) is 11.6 Å². The van der Waals surface area contributed by atoms with Crippen LogP contribution in [0.25, 0.3) is 0 Å². The van der Waals surface area contributed by atoms with Crippen LogP contribution in [0.3, 0.4) is 0 Å². The normalized spacial score (nSPS) is 18.2. The highest BCUT2D eigenvalue weighted by Crippen LogP contribution is 2.34. The number of ether oxygens (including phenoxy) is 1. The molecule has 0 unspecified atom stereocenters. The van der Waals surface area contributed by atoms with E-state index in [0.717, 1.165) is 18.9 Å². The molecule has 40 heavy (non-hydrogen) atoms. The fraction of sp³-hybridized carbons (Fsp3) is 0.448. The maximum absolute atomic E-state index is 14.2. The van der Waals surface area contributed by atoms with E-state index in [-0.39, 0.29) is 43.2 Å². The van der Waals surface area contributed by atoms with Crippen LogP contribution in [0.2, 0.25) is 0 Å². The number of hydrogen-bond acceptors (Lipinski definition) is 5. The molecule has 4 rings (SSSR count). The third kappa shape index (κ3) is 7.61. The summed E-state index contributed by atoms with van der Waals surface area (Å²) in [5.41, 5.74) is 0.498. The van der Waals surface area contributed by atoms with Crippen LogP contribution in [-0.4, -0.2) is 53.8 Å². The number of hydrogen-bond donors (Lipinski definition) is 2. The van der Waals surface area contributed by atoms with Gasteiger partial charge in [-0.25, -0.2) is 18.0 Å². The lowest BCUT2D eigenvalue weighted by Crippen LogP contribution is -2.53. The number of carbonyl (C=O) groups excluding carboxylic acids is 4. The van der Waals surface area contributed by atoms with Gasteiger partial charge in [0.05, 0.1) is 7.11 Å². The average molecular weight is 560 g/mol. The summed E-state index contributed by atoms with van der Waals surface area (Å²) in [6.45, 7) is -0.173. The van der Waals surface area contributed by atoms with E-state index in [1.165, 1.54) is 42.3 Å². The standard InChI is InChI=1S/C29H32F3N3O5/c1-40-29(39)24(14-18-4-2-6-20(30)12-18)34-28(38)23(13-17-8-9-17)33-25(36)15-21-10-11-26(37)35(21)16-19-5-3-7-22(31)27(19)32/h2-7,12,17,21,23-24H,8-11,13-16H2,1H3,(H,33,36)(H,34,38)/t21-,23-,24-/m0/s1. The quantitative estimate of drug-likeness (QED) is 0.389. The molecule has 1 saturated heterocycles. The Balaban J connectivity index is 1.41. The van der Waals surface area contributed by atoms with Gasteiger partial charge in [-0.2, -0.15) is 0 Å². The first-order chi connectivity index (χ1) is 19.1. The Labute approximate surface area is 230 Å². The summed E-state index contributed by atoms with van der Waals surface area (Å²) in [5, 5.41) is 5.37. The van der Waals surface area contributed by atoms with Gasteiger partial charge in [0.25, 0.3) is 0 Å². The van der Waals surface area contributed by atoms with Gasteiger partial charge in [-0.05, 0) is 42.5 Å². The van der Waals surface area contributed by atoms with Gasteiger partial charge < -0.3 is 20.3 Å². The fourth-order valence-corrected chi connectivity index (χ4v) is 4.97. The molecule has 0 bridgehead atoms. The van der Waals surface area contributed by atoms with Crippen molar-refractivity contribution in [2.24, 2.45) is 5.92 Å². The Morgan fingerprint density at radius 3 is 2.48 bits per heavy atom. The highest BCUT2D eigenvalue weighted by atomic mass is 19.2. The van der Waals surface area contributed by atoms with Gasteiger partial charge in [0, 0.05) is 37.4 Å². The summed E-state index contributed by atoms with van der Waals surface area (Å²) in [7, 11) is 1.18. The average Bonchev–Trinajstić information content (AvgIpc) is 3.68. The number of halogens is 3. The molecule has 1 saturated carbocycles. The highest BCUT2D eigenvalue weighted by Gasteiger charge is 2.36. The second-order valence-corrected chi connectivity index (χ2v) is 10.3. The van der Waals surface area contributed by atoms with Crippen molar-refractivity contribution in [3.05, 3.63) is 71.0 Å². The molecule has 11 heteroatoms. The third-order valence-electron chi connectivity index (χ3n) is 7.29. The molecule has 1 aliphatic carbocycles. The summed E-state index contributed by atoms with van der Waals surface area (Å²) in [5.74, 6) is -4.33. The van der Waals surface area contributed by atoms with Crippen LogP contribution < -0.4 is 10.6 Å². The van der Waals surface area contributed by atoms with Crippen molar-refractivity contribution in [1.82, 2.24) is 15.5 Å². The van der Waals surface area contributed by atoms with E-state index >= 15 is 0 Å². The van der Waals surface area contributed by atoms with Gasteiger partial charge in [0.1, 0.15) is 17.9 Å². The van der Waals surface area contributed by atoms with Gasteiger partial charge >= 0.3 is 5.97 Å². The lowest BCUT2D eigenvalue weighted by molar-refractivity contribution is -0.145. The summed E-state index contributed by atoms with van der Waals surface area (Å²) in [6, 6.07) is 6.80. The number of carbonyl (C=O) groups is 4. The minimum Gasteiger partial charge on any atom is -0.467 e. The number of nitrogens with zero attached hydrogens (tertiary/aromatic N) is 1. The zero-order valence-electron chi connectivity index (χ0n) is 22.1. The molecule has 0 radical (unpaired) electrons.